The van der Waals surface area contributed by atoms with Crippen LogP contribution in [0, 0.1) is 18.6 Å². The number of fused-ring (bicyclic) bond motifs is 2. The standard InChI is InChI=1S/C22H23F2N3O3/c1-12-4-3-5-16-10-26-11-17(20(28)13(2)19(26)22(30)27(12)16)21(29)25-9-14-6-7-15(23)8-18(14)24/h6-8,11-12,16H,3-5,9-10H2,1-2H3,(H,25,29). The SMILES string of the molecule is Cc1c2n(cc(C(=O)NCc3ccc(F)cc3F)c1=O)CC1CCCC(C)N1C2=O. The van der Waals surface area contributed by atoms with Crippen LogP contribution in [0.15, 0.2) is 29.2 Å². The normalized spacial score (nSPS) is 20.5. The Hall–Kier alpha value is -3.03. The quantitative estimate of drug-likeness (QED) is 0.838. The average Bonchev–Trinajstić information content (AvgIpc) is 2.69. The number of pyridine rings is 1. The molecule has 2 aliphatic rings. The molecule has 2 aromatic rings. The average molecular weight is 415 g/mol. The molecule has 1 aromatic heterocycles. The number of hydrogen-bond acceptors (Lipinski definition) is 3. The van der Waals surface area contributed by atoms with Gasteiger partial charge in [-0.2, -0.15) is 0 Å². The van der Waals surface area contributed by atoms with Gasteiger partial charge in [0.05, 0.1) is 6.04 Å². The van der Waals surface area contributed by atoms with Crippen molar-refractivity contribution in [3.8, 4) is 0 Å². The Morgan fingerprint density at radius 3 is 2.73 bits per heavy atom. The number of piperidine rings is 1. The summed E-state index contributed by atoms with van der Waals surface area (Å²) in [5, 5.41) is 2.51. The van der Waals surface area contributed by atoms with Crippen LogP contribution >= 0.6 is 0 Å². The number of nitrogens with zero attached hydrogens (tertiary/aromatic N) is 2. The summed E-state index contributed by atoms with van der Waals surface area (Å²) in [6.45, 7) is 3.92. The number of hydrogen-bond donors (Lipinski definition) is 1. The van der Waals surface area contributed by atoms with Crippen molar-refractivity contribution in [3.05, 3.63) is 68.6 Å². The molecule has 1 N–H and O–H groups in total. The van der Waals surface area contributed by atoms with Crippen molar-refractivity contribution in [2.75, 3.05) is 0 Å². The van der Waals surface area contributed by atoms with E-state index >= 15 is 0 Å². The molecule has 0 aliphatic carbocycles. The first kappa shape index (κ1) is 20.3. The molecule has 0 spiro atoms. The Morgan fingerprint density at radius 2 is 2.00 bits per heavy atom. The molecule has 1 saturated heterocycles. The first-order valence-electron chi connectivity index (χ1n) is 10.1. The van der Waals surface area contributed by atoms with Crippen LogP contribution in [0.3, 0.4) is 0 Å². The molecule has 1 aromatic carbocycles. The molecule has 4 rings (SSSR count). The van der Waals surface area contributed by atoms with E-state index in [1.807, 2.05) is 11.8 Å². The predicted octanol–water partition coefficient (Wildman–Crippen LogP) is 2.76. The Bertz CT molecular complexity index is 1100. The van der Waals surface area contributed by atoms with Gasteiger partial charge in [-0.15, -0.1) is 0 Å². The summed E-state index contributed by atoms with van der Waals surface area (Å²) in [7, 11) is 0. The van der Waals surface area contributed by atoms with Gasteiger partial charge in [0.1, 0.15) is 22.9 Å². The second-order valence-corrected chi connectivity index (χ2v) is 8.06. The summed E-state index contributed by atoms with van der Waals surface area (Å²) in [5.41, 5.74) is 0.0585. The molecular weight excluding hydrogens is 392 g/mol. The fourth-order valence-electron chi connectivity index (χ4n) is 4.51. The Morgan fingerprint density at radius 1 is 1.23 bits per heavy atom. The van der Waals surface area contributed by atoms with Gasteiger partial charge in [-0.25, -0.2) is 8.78 Å². The van der Waals surface area contributed by atoms with Crippen molar-refractivity contribution in [1.82, 2.24) is 14.8 Å². The number of rotatable bonds is 3. The molecule has 0 radical (unpaired) electrons. The van der Waals surface area contributed by atoms with Crippen molar-refractivity contribution in [2.45, 2.75) is 58.3 Å². The summed E-state index contributed by atoms with van der Waals surface area (Å²) >= 11 is 0. The van der Waals surface area contributed by atoms with E-state index in [1.54, 1.807) is 11.5 Å². The van der Waals surface area contributed by atoms with Crippen LogP contribution in [0.4, 0.5) is 8.78 Å². The summed E-state index contributed by atoms with van der Waals surface area (Å²) in [5.74, 6) is -2.31. The highest BCUT2D eigenvalue weighted by atomic mass is 19.1. The van der Waals surface area contributed by atoms with E-state index in [2.05, 4.69) is 5.32 Å². The van der Waals surface area contributed by atoms with Crippen LogP contribution in [0.25, 0.3) is 0 Å². The number of aromatic nitrogens is 1. The summed E-state index contributed by atoms with van der Waals surface area (Å²) in [4.78, 5) is 40.4. The van der Waals surface area contributed by atoms with Gasteiger partial charge in [0.2, 0.25) is 0 Å². The third-order valence-corrected chi connectivity index (χ3v) is 6.08. The second-order valence-electron chi connectivity index (χ2n) is 8.06. The number of amides is 2. The third-order valence-electron chi connectivity index (χ3n) is 6.08. The molecule has 6 nitrogen and oxygen atoms in total. The van der Waals surface area contributed by atoms with Crippen molar-refractivity contribution in [3.63, 3.8) is 0 Å². The smallest absolute Gasteiger partial charge is 0.271 e. The van der Waals surface area contributed by atoms with Crippen LogP contribution in [0.2, 0.25) is 0 Å². The van der Waals surface area contributed by atoms with Crippen molar-refractivity contribution in [1.29, 1.82) is 0 Å². The lowest BCUT2D eigenvalue weighted by atomic mass is 9.92. The van der Waals surface area contributed by atoms with Gasteiger partial charge in [-0.3, -0.25) is 14.4 Å². The first-order valence-corrected chi connectivity index (χ1v) is 10.1. The fourth-order valence-corrected chi connectivity index (χ4v) is 4.51. The van der Waals surface area contributed by atoms with Crippen LogP contribution in [0.1, 0.15) is 58.2 Å². The number of nitrogens with one attached hydrogen (secondary N) is 1. The highest BCUT2D eigenvalue weighted by Crippen LogP contribution is 2.30. The molecular formula is C22H23F2N3O3. The largest absolute Gasteiger partial charge is 0.348 e. The Kier molecular flexibility index (Phi) is 5.17. The van der Waals surface area contributed by atoms with Gasteiger partial charge in [0.15, 0.2) is 5.43 Å². The van der Waals surface area contributed by atoms with Crippen LogP contribution in [-0.4, -0.2) is 33.4 Å². The van der Waals surface area contributed by atoms with Crippen LogP contribution < -0.4 is 10.7 Å². The van der Waals surface area contributed by atoms with E-state index in [-0.39, 0.29) is 41.2 Å². The lowest BCUT2D eigenvalue weighted by molar-refractivity contribution is 0.0359. The highest BCUT2D eigenvalue weighted by Gasteiger charge is 2.39. The molecule has 2 aliphatic heterocycles. The maximum Gasteiger partial charge on any atom is 0.271 e. The van der Waals surface area contributed by atoms with Gasteiger partial charge in [0, 0.05) is 42.5 Å². The molecule has 0 saturated carbocycles. The molecule has 30 heavy (non-hydrogen) atoms. The van der Waals surface area contributed by atoms with E-state index < -0.39 is 23.0 Å². The summed E-state index contributed by atoms with van der Waals surface area (Å²) in [6.07, 6.45) is 4.27. The molecule has 2 atom stereocenters. The molecule has 3 heterocycles. The van der Waals surface area contributed by atoms with Crippen molar-refractivity contribution in [2.24, 2.45) is 0 Å². The van der Waals surface area contributed by atoms with Crippen molar-refractivity contribution < 1.29 is 18.4 Å². The van der Waals surface area contributed by atoms with Gasteiger partial charge < -0.3 is 14.8 Å². The fraction of sp³-hybridized carbons (Fsp3) is 0.409. The minimum atomic E-state index is -0.772. The predicted molar refractivity (Wildman–Crippen MR) is 106 cm³/mol. The summed E-state index contributed by atoms with van der Waals surface area (Å²) in [6, 6.07) is 3.24. The minimum Gasteiger partial charge on any atom is -0.348 e. The molecule has 8 heteroatoms. The van der Waals surface area contributed by atoms with E-state index in [1.165, 1.54) is 12.3 Å². The van der Waals surface area contributed by atoms with Gasteiger partial charge in [-0.1, -0.05) is 6.07 Å². The molecule has 2 unspecified atom stereocenters. The highest BCUT2D eigenvalue weighted by molar-refractivity contribution is 5.98. The number of halogens is 2. The van der Waals surface area contributed by atoms with E-state index in [0.717, 1.165) is 31.4 Å². The van der Waals surface area contributed by atoms with E-state index in [9.17, 15) is 23.2 Å². The molecule has 0 bridgehead atoms. The van der Waals surface area contributed by atoms with Crippen LogP contribution in [0.5, 0.6) is 0 Å². The Labute approximate surface area is 172 Å². The second kappa shape index (κ2) is 7.66. The van der Waals surface area contributed by atoms with Gasteiger partial charge in [0.25, 0.3) is 11.8 Å². The van der Waals surface area contributed by atoms with Gasteiger partial charge in [-0.05, 0) is 39.2 Å². The molecule has 2 amide bonds. The van der Waals surface area contributed by atoms with E-state index in [0.29, 0.717) is 12.2 Å². The van der Waals surface area contributed by atoms with Gasteiger partial charge >= 0.3 is 0 Å². The number of carbonyl (C=O) groups is 2. The lowest BCUT2D eigenvalue weighted by Crippen LogP contribution is -2.55. The zero-order valence-corrected chi connectivity index (χ0v) is 16.9. The monoisotopic (exact) mass is 415 g/mol. The number of benzene rings is 1. The van der Waals surface area contributed by atoms with Crippen LogP contribution in [-0.2, 0) is 13.1 Å². The minimum absolute atomic E-state index is 0.0416. The third kappa shape index (κ3) is 3.40. The summed E-state index contributed by atoms with van der Waals surface area (Å²) < 4.78 is 28.5. The lowest BCUT2D eigenvalue weighted by Gasteiger charge is -2.45. The van der Waals surface area contributed by atoms with Crippen molar-refractivity contribution >= 4 is 11.8 Å². The zero-order chi connectivity index (χ0) is 21.6. The number of carbonyl (C=O) groups excluding carboxylic acids is 2. The Balaban J connectivity index is 1.63. The zero-order valence-electron chi connectivity index (χ0n) is 16.9. The maximum atomic E-state index is 13.8. The molecule has 158 valence electrons. The maximum absolute atomic E-state index is 13.8. The first-order chi connectivity index (χ1) is 14.3. The molecule has 1 fully saturated rings. The topological polar surface area (TPSA) is 71.4 Å². The van der Waals surface area contributed by atoms with E-state index in [4.69, 9.17) is 0 Å².